The Morgan fingerprint density at radius 2 is 1.84 bits per heavy atom. The van der Waals surface area contributed by atoms with E-state index >= 15 is 0 Å². The van der Waals surface area contributed by atoms with E-state index < -0.39 is 5.38 Å². The first-order valence-electron chi connectivity index (χ1n) is 5.45. The largest absolute Gasteiger partial charge is 0.496 e. The van der Waals surface area contributed by atoms with Crippen LogP contribution in [0.5, 0.6) is 5.75 Å². The highest BCUT2D eigenvalue weighted by atomic mass is 79.9. The number of rotatable bonds is 3. The summed E-state index contributed by atoms with van der Waals surface area (Å²) in [6.07, 6.45) is 0. The zero-order chi connectivity index (χ0) is 14.0. The Bertz CT molecular complexity index is 604. The minimum Gasteiger partial charge on any atom is -0.496 e. The van der Waals surface area contributed by atoms with Crippen LogP contribution in [-0.2, 0) is 0 Å². The second kappa shape index (κ2) is 6.25. The van der Waals surface area contributed by atoms with Crippen molar-refractivity contribution >= 4 is 43.5 Å². The Morgan fingerprint density at radius 1 is 1.11 bits per heavy atom. The van der Waals surface area contributed by atoms with Crippen LogP contribution in [0.15, 0.2) is 45.3 Å². The predicted molar refractivity (Wildman–Crippen MR) is 82.5 cm³/mol. The molecule has 0 N–H and O–H groups in total. The van der Waals surface area contributed by atoms with Crippen LogP contribution in [0.2, 0.25) is 0 Å². The fourth-order valence-electron chi connectivity index (χ4n) is 1.78. The van der Waals surface area contributed by atoms with E-state index in [2.05, 4.69) is 31.9 Å². The molecule has 0 aromatic heterocycles. The first-order chi connectivity index (χ1) is 9.02. The molecule has 0 aliphatic carbocycles. The molecule has 0 saturated carbocycles. The van der Waals surface area contributed by atoms with Gasteiger partial charge in [-0.25, -0.2) is 4.39 Å². The Balaban J connectivity index is 2.51. The number of ether oxygens (including phenoxy) is 1. The molecule has 0 bridgehead atoms. The predicted octanol–water partition coefficient (Wildman–Crippen LogP) is 5.69. The molecule has 2 aromatic rings. The highest BCUT2D eigenvalue weighted by Gasteiger charge is 2.19. The Labute approximate surface area is 133 Å². The molecule has 0 spiro atoms. The smallest absolute Gasteiger partial charge is 0.124 e. The van der Waals surface area contributed by atoms with E-state index in [-0.39, 0.29) is 5.82 Å². The van der Waals surface area contributed by atoms with E-state index in [1.165, 1.54) is 19.2 Å². The first kappa shape index (κ1) is 14.8. The normalized spacial score (nSPS) is 12.3. The average molecular weight is 408 g/mol. The number of halogens is 4. The van der Waals surface area contributed by atoms with Crippen LogP contribution in [0.4, 0.5) is 4.39 Å². The van der Waals surface area contributed by atoms with E-state index in [0.717, 1.165) is 14.5 Å². The topological polar surface area (TPSA) is 9.23 Å². The van der Waals surface area contributed by atoms with Gasteiger partial charge in [-0.1, -0.05) is 31.9 Å². The molecule has 0 aliphatic rings. The van der Waals surface area contributed by atoms with Gasteiger partial charge in [0.15, 0.2) is 0 Å². The molecule has 1 unspecified atom stereocenters. The SMILES string of the molecule is COc1ccc(F)cc1C(Cl)c1cc(Br)ccc1Br. The summed E-state index contributed by atoms with van der Waals surface area (Å²) in [5.41, 5.74) is 1.45. The van der Waals surface area contributed by atoms with Crippen molar-refractivity contribution in [1.29, 1.82) is 0 Å². The van der Waals surface area contributed by atoms with Crippen molar-refractivity contribution in [3.63, 3.8) is 0 Å². The summed E-state index contributed by atoms with van der Waals surface area (Å²) in [6.45, 7) is 0. The van der Waals surface area contributed by atoms with E-state index in [1.54, 1.807) is 6.07 Å². The maximum Gasteiger partial charge on any atom is 0.124 e. The summed E-state index contributed by atoms with van der Waals surface area (Å²) in [5, 5.41) is -0.502. The number of alkyl halides is 1. The van der Waals surface area contributed by atoms with Crippen molar-refractivity contribution in [2.24, 2.45) is 0 Å². The lowest BCUT2D eigenvalue weighted by molar-refractivity contribution is 0.409. The zero-order valence-corrected chi connectivity index (χ0v) is 13.9. The lowest BCUT2D eigenvalue weighted by Crippen LogP contribution is -1.99. The van der Waals surface area contributed by atoms with E-state index in [0.29, 0.717) is 11.3 Å². The fourth-order valence-corrected chi connectivity index (χ4v) is 3.12. The molecule has 0 heterocycles. The molecule has 1 atom stereocenters. The van der Waals surface area contributed by atoms with E-state index in [4.69, 9.17) is 16.3 Å². The third-order valence-electron chi connectivity index (χ3n) is 2.70. The van der Waals surface area contributed by atoms with E-state index in [9.17, 15) is 4.39 Å². The minimum atomic E-state index is -0.502. The highest BCUT2D eigenvalue weighted by Crippen LogP contribution is 2.39. The number of benzene rings is 2. The van der Waals surface area contributed by atoms with Gasteiger partial charge >= 0.3 is 0 Å². The summed E-state index contributed by atoms with van der Waals surface area (Å²) >= 11 is 13.3. The summed E-state index contributed by atoms with van der Waals surface area (Å²) in [5.74, 6) is 0.223. The van der Waals surface area contributed by atoms with Crippen LogP contribution in [-0.4, -0.2) is 7.11 Å². The fraction of sp³-hybridized carbons (Fsp3) is 0.143. The second-order valence-corrected chi connectivity index (χ2v) is 6.12. The average Bonchev–Trinajstić information content (AvgIpc) is 2.40. The zero-order valence-electron chi connectivity index (χ0n) is 9.96. The van der Waals surface area contributed by atoms with Crippen molar-refractivity contribution in [2.45, 2.75) is 5.38 Å². The van der Waals surface area contributed by atoms with Crippen molar-refractivity contribution in [1.82, 2.24) is 0 Å². The van der Waals surface area contributed by atoms with Crippen LogP contribution in [0, 0.1) is 5.82 Å². The Morgan fingerprint density at radius 3 is 2.53 bits per heavy atom. The number of methoxy groups -OCH3 is 1. The summed E-state index contributed by atoms with van der Waals surface area (Å²) in [6, 6.07) is 10.0. The molecule has 0 saturated heterocycles. The first-order valence-corrected chi connectivity index (χ1v) is 7.47. The summed E-state index contributed by atoms with van der Waals surface area (Å²) < 4.78 is 20.4. The molecule has 0 amide bonds. The van der Waals surface area contributed by atoms with Crippen molar-refractivity contribution in [3.8, 4) is 5.75 Å². The molecular formula is C14H10Br2ClFO. The molecule has 0 radical (unpaired) electrons. The molecule has 2 rings (SSSR count). The molecule has 2 aromatic carbocycles. The third-order valence-corrected chi connectivity index (χ3v) is 4.38. The number of hydrogen-bond acceptors (Lipinski definition) is 1. The molecule has 0 aliphatic heterocycles. The third kappa shape index (κ3) is 3.30. The summed E-state index contributed by atoms with van der Waals surface area (Å²) in [7, 11) is 1.54. The van der Waals surface area contributed by atoms with Crippen LogP contribution >= 0.6 is 43.5 Å². The molecule has 0 fully saturated rings. The van der Waals surface area contributed by atoms with Gasteiger partial charge in [0.2, 0.25) is 0 Å². The van der Waals surface area contributed by atoms with Gasteiger partial charge in [0.25, 0.3) is 0 Å². The minimum absolute atomic E-state index is 0.340. The monoisotopic (exact) mass is 406 g/mol. The Hall–Kier alpha value is -0.580. The molecule has 100 valence electrons. The molecule has 1 nitrogen and oxygen atoms in total. The molecule has 19 heavy (non-hydrogen) atoms. The van der Waals surface area contributed by atoms with Gasteiger partial charge in [0.05, 0.1) is 12.5 Å². The van der Waals surface area contributed by atoms with Gasteiger partial charge in [-0.15, -0.1) is 11.6 Å². The van der Waals surface area contributed by atoms with Gasteiger partial charge in [-0.2, -0.15) is 0 Å². The van der Waals surface area contributed by atoms with Gasteiger partial charge in [0, 0.05) is 14.5 Å². The maximum atomic E-state index is 13.4. The standard InChI is InChI=1S/C14H10Br2ClFO/c1-19-13-5-3-9(18)7-11(13)14(17)10-6-8(15)2-4-12(10)16/h2-7,14H,1H3. The maximum absolute atomic E-state index is 13.4. The lowest BCUT2D eigenvalue weighted by atomic mass is 10.0. The van der Waals surface area contributed by atoms with Gasteiger partial charge in [0.1, 0.15) is 11.6 Å². The van der Waals surface area contributed by atoms with Crippen molar-refractivity contribution < 1.29 is 9.13 Å². The lowest BCUT2D eigenvalue weighted by Gasteiger charge is -2.16. The molecular weight excluding hydrogens is 398 g/mol. The van der Waals surface area contributed by atoms with Crippen molar-refractivity contribution in [2.75, 3.05) is 7.11 Å². The van der Waals surface area contributed by atoms with Gasteiger partial charge in [-0.3, -0.25) is 0 Å². The Kier molecular flexibility index (Phi) is 4.87. The quantitative estimate of drug-likeness (QED) is 0.593. The highest BCUT2D eigenvalue weighted by molar-refractivity contribution is 9.11. The van der Waals surface area contributed by atoms with E-state index in [1.807, 2.05) is 18.2 Å². The van der Waals surface area contributed by atoms with Gasteiger partial charge in [-0.05, 0) is 42.0 Å². The van der Waals surface area contributed by atoms with Crippen LogP contribution in [0.3, 0.4) is 0 Å². The van der Waals surface area contributed by atoms with Crippen molar-refractivity contribution in [3.05, 3.63) is 62.3 Å². The molecule has 5 heteroatoms. The van der Waals surface area contributed by atoms with Crippen LogP contribution < -0.4 is 4.74 Å². The van der Waals surface area contributed by atoms with Gasteiger partial charge < -0.3 is 4.74 Å². The summed E-state index contributed by atoms with van der Waals surface area (Å²) in [4.78, 5) is 0. The van der Waals surface area contributed by atoms with Crippen LogP contribution in [0.25, 0.3) is 0 Å². The second-order valence-electron chi connectivity index (χ2n) is 3.91. The van der Waals surface area contributed by atoms with Crippen LogP contribution in [0.1, 0.15) is 16.5 Å². The number of hydrogen-bond donors (Lipinski definition) is 0.